The van der Waals surface area contributed by atoms with Gasteiger partial charge in [-0.25, -0.2) is 0 Å². The van der Waals surface area contributed by atoms with E-state index in [1.54, 1.807) is 0 Å². The summed E-state index contributed by atoms with van der Waals surface area (Å²) in [6, 6.07) is 8.57. The van der Waals surface area contributed by atoms with Crippen LogP contribution in [0.2, 0.25) is 0 Å². The van der Waals surface area contributed by atoms with Gasteiger partial charge in [0.1, 0.15) is 11.4 Å². The molecule has 5 aliphatic rings. The number of aromatic nitrogens is 1. The van der Waals surface area contributed by atoms with Gasteiger partial charge in [0.15, 0.2) is 0 Å². The third-order valence-corrected chi connectivity index (χ3v) is 11.6. The lowest BCUT2D eigenvalue weighted by atomic mass is 9.86. The number of aliphatic hydroxyl groups is 2. The Balaban J connectivity index is 0.000000218. The summed E-state index contributed by atoms with van der Waals surface area (Å²) in [6.45, 7) is 13.5. The summed E-state index contributed by atoms with van der Waals surface area (Å²) in [7, 11) is 0. The molecule has 1 aliphatic carbocycles. The van der Waals surface area contributed by atoms with E-state index in [4.69, 9.17) is 10.5 Å². The maximum absolute atomic E-state index is 12.9. The number of β-amino-alcohol motifs (C(OH)–C–C–N with tert-alkyl or cyclic N) is 1. The van der Waals surface area contributed by atoms with Gasteiger partial charge in [-0.05, 0) is 108 Å². The van der Waals surface area contributed by atoms with Gasteiger partial charge in [-0.15, -0.1) is 0 Å². The number of hydrogen-bond donors (Lipinski definition) is 5. The molecule has 1 amide bonds. The zero-order valence-electron chi connectivity index (χ0n) is 29.7. The predicted octanol–water partition coefficient (Wildman–Crippen LogP) is 2.86. The van der Waals surface area contributed by atoms with Gasteiger partial charge in [0.25, 0.3) is 5.91 Å². The van der Waals surface area contributed by atoms with Crippen molar-refractivity contribution in [2.45, 2.75) is 94.9 Å². The van der Waals surface area contributed by atoms with E-state index in [2.05, 4.69) is 29.9 Å². The lowest BCUT2D eigenvalue weighted by molar-refractivity contribution is 0.0625. The number of fused-ring (bicyclic) bond motifs is 1. The molecule has 0 spiro atoms. The smallest absolute Gasteiger partial charge is 0.267 e. The number of nitrogens with zero attached hydrogens (tertiary/aromatic N) is 4. The molecule has 0 radical (unpaired) electrons. The van der Waals surface area contributed by atoms with Crippen LogP contribution < -0.4 is 15.8 Å². The van der Waals surface area contributed by atoms with Gasteiger partial charge >= 0.3 is 0 Å². The molecule has 0 bridgehead atoms. The third kappa shape index (κ3) is 11.1. The fraction of sp³-hybridized carbons (Fsp3) is 0.763. The Hall–Kier alpha value is -2.25. The molecule has 11 nitrogen and oxygen atoms in total. The van der Waals surface area contributed by atoms with Crippen LogP contribution in [0.5, 0.6) is 5.75 Å². The first-order valence-electron chi connectivity index (χ1n) is 19.4. The van der Waals surface area contributed by atoms with Crippen molar-refractivity contribution >= 4 is 16.8 Å². The van der Waals surface area contributed by atoms with Crippen LogP contribution in [0.1, 0.15) is 81.1 Å². The molecular weight excluding hydrogens is 618 g/mol. The Kier molecular flexibility index (Phi) is 13.6. The lowest BCUT2D eigenvalue weighted by Gasteiger charge is -2.35. The van der Waals surface area contributed by atoms with Crippen molar-refractivity contribution in [2.75, 3.05) is 85.1 Å². The molecule has 274 valence electrons. The van der Waals surface area contributed by atoms with Crippen molar-refractivity contribution < 1.29 is 19.7 Å². The van der Waals surface area contributed by atoms with E-state index in [-0.39, 0.29) is 24.2 Å². The van der Waals surface area contributed by atoms with Crippen LogP contribution in [0.3, 0.4) is 0 Å². The lowest BCUT2D eigenvalue weighted by Crippen LogP contribution is -2.47. The number of carbonyl (C=O) groups is 1. The van der Waals surface area contributed by atoms with Crippen LogP contribution in [-0.2, 0) is 0 Å². The van der Waals surface area contributed by atoms with Crippen molar-refractivity contribution in [2.24, 2.45) is 11.7 Å². The number of likely N-dealkylation sites (tertiary alicyclic amines) is 4. The van der Waals surface area contributed by atoms with Crippen molar-refractivity contribution in [1.29, 1.82) is 0 Å². The summed E-state index contributed by atoms with van der Waals surface area (Å²) in [4.78, 5) is 26.1. The summed E-state index contributed by atoms with van der Waals surface area (Å²) < 4.78 is 6.08. The third-order valence-electron chi connectivity index (χ3n) is 11.6. The summed E-state index contributed by atoms with van der Waals surface area (Å²) in [6.07, 6.45) is 11.8. The monoisotopic (exact) mass is 681 g/mol. The zero-order chi connectivity index (χ0) is 34.0. The topological polar surface area (TPSA) is 134 Å². The van der Waals surface area contributed by atoms with E-state index in [0.717, 1.165) is 153 Å². The number of nitrogens with two attached hydrogens (primary N) is 1. The van der Waals surface area contributed by atoms with Crippen molar-refractivity contribution in [1.82, 2.24) is 29.9 Å². The van der Waals surface area contributed by atoms with Crippen LogP contribution in [0, 0.1) is 5.92 Å². The number of carbonyl (C=O) groups excluding carboxylic acids is 1. The van der Waals surface area contributed by atoms with E-state index in [1.165, 1.54) is 19.3 Å². The van der Waals surface area contributed by atoms with Crippen molar-refractivity contribution in [3.8, 4) is 5.75 Å². The minimum Gasteiger partial charge on any atom is -0.493 e. The first-order valence-corrected chi connectivity index (χ1v) is 19.4. The first-order chi connectivity index (χ1) is 23.9. The molecule has 4 aliphatic heterocycles. The van der Waals surface area contributed by atoms with Gasteiger partial charge in [-0.3, -0.25) is 9.69 Å². The number of ether oxygens (including phenoxy) is 1. The molecule has 7 rings (SSSR count). The van der Waals surface area contributed by atoms with Gasteiger partial charge < -0.3 is 45.7 Å². The zero-order valence-corrected chi connectivity index (χ0v) is 29.7. The molecule has 1 aromatic heterocycles. The van der Waals surface area contributed by atoms with Crippen LogP contribution in [0.25, 0.3) is 10.9 Å². The highest BCUT2D eigenvalue weighted by Crippen LogP contribution is 2.31. The molecule has 5 fully saturated rings. The number of nitrogens with one attached hydrogen (secondary N) is 2. The van der Waals surface area contributed by atoms with E-state index < -0.39 is 0 Å². The summed E-state index contributed by atoms with van der Waals surface area (Å²) in [5.41, 5.74) is 7.44. The number of aliphatic hydroxyl groups excluding tert-OH is 2. The SMILES string of the molecule is NC1CCN(CCN2CCC[C@@H](O)C2)CC1.O=C(NC1CCN(CCN2CCC(O)CC2)CC1)c1cc2c(OCC3CCC3)cccc2[nH]1. The fourth-order valence-electron chi connectivity index (χ4n) is 7.93. The first kappa shape index (κ1) is 36.5. The number of H-pyrrole nitrogens is 1. The summed E-state index contributed by atoms with van der Waals surface area (Å²) in [5.74, 6) is 1.52. The highest BCUT2D eigenvalue weighted by Gasteiger charge is 2.25. The second kappa shape index (κ2) is 18.3. The molecule has 1 atom stereocenters. The van der Waals surface area contributed by atoms with Gasteiger partial charge in [-0.1, -0.05) is 12.5 Å². The molecule has 2 aromatic rings. The van der Waals surface area contributed by atoms with Crippen molar-refractivity contribution in [3.05, 3.63) is 30.0 Å². The van der Waals surface area contributed by atoms with Crippen LogP contribution in [0.15, 0.2) is 24.3 Å². The van der Waals surface area contributed by atoms with E-state index in [1.807, 2.05) is 24.3 Å². The Morgan fingerprint density at radius 2 is 1.41 bits per heavy atom. The second-order valence-electron chi connectivity index (χ2n) is 15.4. The average Bonchev–Trinajstić information content (AvgIpc) is 3.54. The Bertz CT molecular complexity index is 1280. The van der Waals surface area contributed by atoms with Crippen LogP contribution >= 0.6 is 0 Å². The molecule has 0 unspecified atom stereocenters. The number of rotatable bonds is 11. The second-order valence-corrected chi connectivity index (χ2v) is 15.4. The summed E-state index contributed by atoms with van der Waals surface area (Å²) in [5, 5.41) is 23.5. The van der Waals surface area contributed by atoms with Gasteiger partial charge in [0, 0.05) is 81.9 Å². The summed E-state index contributed by atoms with van der Waals surface area (Å²) >= 11 is 0. The van der Waals surface area contributed by atoms with Gasteiger partial charge in [0.05, 0.1) is 18.8 Å². The molecule has 5 heterocycles. The van der Waals surface area contributed by atoms with Crippen LogP contribution in [-0.4, -0.2) is 150 Å². The number of piperidine rings is 4. The van der Waals surface area contributed by atoms with E-state index in [0.29, 0.717) is 17.7 Å². The molecule has 11 heteroatoms. The molecular formula is C38H63N7O4. The normalized spacial score (nSPS) is 24.8. The minimum absolute atomic E-state index is 0.0264. The average molecular weight is 682 g/mol. The Morgan fingerprint density at radius 3 is 2.04 bits per heavy atom. The van der Waals surface area contributed by atoms with Gasteiger partial charge in [-0.2, -0.15) is 0 Å². The van der Waals surface area contributed by atoms with E-state index in [9.17, 15) is 15.0 Å². The quantitative estimate of drug-likeness (QED) is 0.243. The molecule has 6 N–H and O–H groups in total. The number of amides is 1. The predicted molar refractivity (Wildman–Crippen MR) is 195 cm³/mol. The number of benzene rings is 1. The standard InChI is InChI=1S/C26H38N4O3.C12H25N3O/c31-21-9-13-30(14-10-21)16-15-29-11-7-20(8-12-29)27-26(32)24-17-22-23(28-24)5-2-6-25(22)33-18-19-3-1-4-19;13-11-3-6-14(7-4-11)8-9-15-5-1-2-12(16)10-15/h2,5-6,17,19-21,28,31H,1,3-4,7-16,18H2,(H,27,32);11-12,16H,1-10,13H2/t;12-/m.1/s1. The maximum atomic E-state index is 12.9. The van der Waals surface area contributed by atoms with Crippen molar-refractivity contribution in [3.63, 3.8) is 0 Å². The van der Waals surface area contributed by atoms with Gasteiger partial charge in [0.2, 0.25) is 0 Å². The highest BCUT2D eigenvalue weighted by atomic mass is 16.5. The highest BCUT2D eigenvalue weighted by molar-refractivity contribution is 5.99. The van der Waals surface area contributed by atoms with Crippen LogP contribution in [0.4, 0.5) is 0 Å². The molecule has 1 saturated carbocycles. The number of hydrogen-bond acceptors (Lipinski definition) is 9. The Morgan fingerprint density at radius 1 is 0.776 bits per heavy atom. The molecule has 49 heavy (non-hydrogen) atoms. The molecule has 4 saturated heterocycles. The fourth-order valence-corrected chi connectivity index (χ4v) is 7.93. The minimum atomic E-state index is -0.107. The maximum Gasteiger partial charge on any atom is 0.267 e. The Labute approximate surface area is 293 Å². The van der Waals surface area contributed by atoms with E-state index >= 15 is 0 Å². The molecule has 1 aromatic carbocycles. The number of aromatic amines is 1. The largest absolute Gasteiger partial charge is 0.493 e.